The molecule has 0 aliphatic heterocycles. The molecule has 2 aliphatic rings. The van der Waals surface area contributed by atoms with Gasteiger partial charge in [-0.3, -0.25) is 4.79 Å². The Labute approximate surface area is 112 Å². The van der Waals surface area contributed by atoms with Crippen molar-refractivity contribution in [1.29, 1.82) is 0 Å². The zero-order chi connectivity index (χ0) is 12.7. The van der Waals surface area contributed by atoms with Crippen molar-refractivity contribution in [1.82, 2.24) is 4.98 Å². The summed E-state index contributed by atoms with van der Waals surface area (Å²) >= 11 is 6.03. The molecule has 3 nitrogen and oxygen atoms in total. The number of carbonyl (C=O) groups excluding carboxylic acids is 1. The summed E-state index contributed by atoms with van der Waals surface area (Å²) in [6.45, 7) is 1.93. The third-order valence-corrected chi connectivity index (χ3v) is 4.61. The van der Waals surface area contributed by atoms with E-state index in [1.807, 2.05) is 13.0 Å². The number of nitrogens with zero attached hydrogens (tertiary/aromatic N) is 1. The van der Waals surface area contributed by atoms with Gasteiger partial charge in [0.25, 0.3) is 0 Å². The molecule has 96 valence electrons. The predicted molar refractivity (Wildman–Crippen MR) is 71.6 cm³/mol. The largest absolute Gasteiger partial charge is 0.323 e. The minimum absolute atomic E-state index is 0.130. The van der Waals surface area contributed by atoms with Gasteiger partial charge in [-0.05, 0) is 43.2 Å². The van der Waals surface area contributed by atoms with Crippen LogP contribution in [-0.2, 0) is 4.79 Å². The van der Waals surface area contributed by atoms with Gasteiger partial charge in [0.15, 0.2) is 5.15 Å². The molecule has 2 fully saturated rings. The summed E-state index contributed by atoms with van der Waals surface area (Å²) in [6.07, 6.45) is 6.63. The van der Waals surface area contributed by atoms with E-state index in [0.29, 0.717) is 22.7 Å². The summed E-state index contributed by atoms with van der Waals surface area (Å²) < 4.78 is 0. The van der Waals surface area contributed by atoms with Crippen LogP contribution < -0.4 is 5.32 Å². The van der Waals surface area contributed by atoms with E-state index in [4.69, 9.17) is 11.6 Å². The quantitative estimate of drug-likeness (QED) is 0.832. The van der Waals surface area contributed by atoms with Crippen LogP contribution in [0.4, 0.5) is 5.69 Å². The molecular formula is C14H17ClN2O. The molecule has 1 N–H and O–H groups in total. The number of hydrogen-bond acceptors (Lipinski definition) is 2. The van der Waals surface area contributed by atoms with E-state index in [0.717, 1.165) is 5.56 Å². The van der Waals surface area contributed by atoms with Crippen LogP contribution in [0, 0.1) is 24.7 Å². The number of rotatable bonds is 2. The van der Waals surface area contributed by atoms with E-state index in [-0.39, 0.29) is 11.8 Å². The lowest BCUT2D eigenvalue weighted by Gasteiger charge is -2.09. The van der Waals surface area contributed by atoms with Crippen LogP contribution in [0.1, 0.15) is 31.2 Å². The first kappa shape index (κ1) is 12.0. The molecule has 0 saturated heterocycles. The van der Waals surface area contributed by atoms with Crippen LogP contribution in [-0.4, -0.2) is 10.9 Å². The summed E-state index contributed by atoms with van der Waals surface area (Å²) in [5.74, 6) is 1.58. The van der Waals surface area contributed by atoms with E-state index < -0.39 is 0 Å². The number of aromatic nitrogens is 1. The zero-order valence-electron chi connectivity index (χ0n) is 10.4. The molecule has 4 heteroatoms. The fraction of sp³-hybridized carbons (Fsp3) is 0.571. The van der Waals surface area contributed by atoms with Crippen molar-refractivity contribution in [3.05, 3.63) is 23.0 Å². The Balaban J connectivity index is 1.72. The fourth-order valence-corrected chi connectivity index (χ4v) is 3.52. The summed E-state index contributed by atoms with van der Waals surface area (Å²) in [4.78, 5) is 16.3. The molecule has 18 heavy (non-hydrogen) atoms. The van der Waals surface area contributed by atoms with Gasteiger partial charge < -0.3 is 5.32 Å². The van der Waals surface area contributed by atoms with Crippen LogP contribution in [0.2, 0.25) is 5.15 Å². The van der Waals surface area contributed by atoms with Gasteiger partial charge in [-0.15, -0.1) is 0 Å². The van der Waals surface area contributed by atoms with Gasteiger partial charge in [-0.1, -0.05) is 24.4 Å². The average molecular weight is 265 g/mol. The Morgan fingerprint density at radius 3 is 2.67 bits per heavy atom. The minimum Gasteiger partial charge on any atom is -0.323 e. The number of halogens is 1. The highest BCUT2D eigenvalue weighted by Gasteiger charge is 2.54. The second-order valence-corrected chi connectivity index (χ2v) is 5.78. The average Bonchev–Trinajstić information content (AvgIpc) is 3.08. The van der Waals surface area contributed by atoms with E-state index in [2.05, 4.69) is 10.3 Å². The van der Waals surface area contributed by atoms with Gasteiger partial charge in [-0.25, -0.2) is 4.98 Å². The second kappa shape index (κ2) is 4.54. The lowest BCUT2D eigenvalue weighted by atomic mass is 10.0. The van der Waals surface area contributed by atoms with Gasteiger partial charge in [-0.2, -0.15) is 0 Å². The molecule has 0 spiro atoms. The number of amides is 1. The van der Waals surface area contributed by atoms with Crippen molar-refractivity contribution in [2.45, 2.75) is 32.6 Å². The first-order valence-electron chi connectivity index (χ1n) is 6.60. The Morgan fingerprint density at radius 1 is 1.39 bits per heavy atom. The zero-order valence-corrected chi connectivity index (χ0v) is 11.2. The first-order valence-corrected chi connectivity index (χ1v) is 6.98. The molecule has 3 rings (SSSR count). The standard InChI is InChI=1S/C14H17ClN2O/c1-8-6-7-16-13(15)12(8)17-14(18)11-9-4-2-3-5-10(9)11/h6-7,9-11H,2-5H2,1H3,(H,17,18). The van der Waals surface area contributed by atoms with Crippen molar-refractivity contribution < 1.29 is 4.79 Å². The molecule has 0 radical (unpaired) electrons. The third-order valence-electron chi connectivity index (χ3n) is 4.32. The summed E-state index contributed by atoms with van der Waals surface area (Å²) in [5, 5.41) is 3.34. The van der Waals surface area contributed by atoms with Crippen LogP contribution in [0.25, 0.3) is 0 Å². The molecular weight excluding hydrogens is 248 g/mol. The van der Waals surface area contributed by atoms with E-state index in [1.54, 1.807) is 6.20 Å². The first-order chi connectivity index (χ1) is 8.68. The Bertz CT molecular complexity index is 456. The van der Waals surface area contributed by atoms with E-state index in [1.165, 1.54) is 25.7 Å². The van der Waals surface area contributed by atoms with Crippen LogP contribution in [0.5, 0.6) is 0 Å². The monoisotopic (exact) mass is 264 g/mol. The second-order valence-electron chi connectivity index (χ2n) is 5.42. The predicted octanol–water partition coefficient (Wildman–Crippen LogP) is 3.42. The Hall–Kier alpha value is -1.09. The third kappa shape index (κ3) is 2.01. The van der Waals surface area contributed by atoms with Crippen molar-refractivity contribution in [2.24, 2.45) is 17.8 Å². The molecule has 2 unspecified atom stereocenters. The smallest absolute Gasteiger partial charge is 0.228 e. The molecule has 1 heterocycles. The van der Waals surface area contributed by atoms with Crippen LogP contribution in [0.15, 0.2) is 12.3 Å². The Morgan fingerprint density at radius 2 is 2.06 bits per heavy atom. The van der Waals surface area contributed by atoms with Crippen molar-refractivity contribution in [2.75, 3.05) is 5.32 Å². The lowest BCUT2D eigenvalue weighted by molar-refractivity contribution is -0.117. The molecule has 1 aromatic heterocycles. The number of hydrogen-bond donors (Lipinski definition) is 1. The molecule has 2 atom stereocenters. The Kier molecular flexibility index (Phi) is 3.02. The van der Waals surface area contributed by atoms with Crippen molar-refractivity contribution in [3.8, 4) is 0 Å². The van der Waals surface area contributed by atoms with Gasteiger partial charge in [0.1, 0.15) is 0 Å². The van der Waals surface area contributed by atoms with Crippen molar-refractivity contribution >= 4 is 23.2 Å². The fourth-order valence-electron chi connectivity index (χ4n) is 3.26. The van der Waals surface area contributed by atoms with Gasteiger partial charge in [0, 0.05) is 12.1 Å². The number of pyridine rings is 1. The molecule has 1 amide bonds. The molecule has 0 bridgehead atoms. The number of nitrogens with one attached hydrogen (secondary N) is 1. The van der Waals surface area contributed by atoms with Gasteiger partial charge >= 0.3 is 0 Å². The number of fused-ring (bicyclic) bond motifs is 1. The SMILES string of the molecule is Cc1ccnc(Cl)c1NC(=O)C1C2CCCCC21. The van der Waals surface area contributed by atoms with Crippen LogP contribution >= 0.6 is 11.6 Å². The molecule has 2 saturated carbocycles. The van der Waals surface area contributed by atoms with E-state index in [9.17, 15) is 4.79 Å². The normalized spacial score (nSPS) is 29.6. The highest BCUT2D eigenvalue weighted by molar-refractivity contribution is 6.32. The molecule has 2 aliphatic carbocycles. The number of anilines is 1. The minimum atomic E-state index is 0.130. The topological polar surface area (TPSA) is 42.0 Å². The highest BCUT2D eigenvalue weighted by atomic mass is 35.5. The maximum atomic E-state index is 12.2. The summed E-state index contributed by atoms with van der Waals surface area (Å²) in [7, 11) is 0. The maximum absolute atomic E-state index is 12.2. The van der Waals surface area contributed by atoms with Crippen LogP contribution in [0.3, 0.4) is 0 Å². The molecule has 0 aromatic carbocycles. The molecule has 1 aromatic rings. The number of carbonyl (C=O) groups is 1. The van der Waals surface area contributed by atoms with Gasteiger partial charge in [0.05, 0.1) is 5.69 Å². The van der Waals surface area contributed by atoms with Crippen molar-refractivity contribution in [3.63, 3.8) is 0 Å². The number of aryl methyl sites for hydroxylation is 1. The highest BCUT2D eigenvalue weighted by Crippen LogP contribution is 2.55. The van der Waals surface area contributed by atoms with E-state index >= 15 is 0 Å². The summed E-state index contributed by atoms with van der Waals surface area (Å²) in [5.41, 5.74) is 1.64. The summed E-state index contributed by atoms with van der Waals surface area (Å²) in [6, 6.07) is 1.86. The van der Waals surface area contributed by atoms with Gasteiger partial charge in [0.2, 0.25) is 5.91 Å². The maximum Gasteiger partial charge on any atom is 0.228 e. The lowest BCUT2D eigenvalue weighted by Crippen LogP contribution is -2.16.